The molecular weight excluding hydrogens is 316 g/mol. The van der Waals surface area contributed by atoms with E-state index in [1.54, 1.807) is 7.11 Å². The molecule has 4 heterocycles. The number of piperidine rings is 3. The Morgan fingerprint density at radius 2 is 2.20 bits per heavy atom. The van der Waals surface area contributed by atoms with E-state index in [1.165, 1.54) is 25.8 Å². The van der Waals surface area contributed by atoms with Gasteiger partial charge in [0.25, 0.3) is 0 Å². The van der Waals surface area contributed by atoms with Crippen molar-refractivity contribution in [3.63, 3.8) is 0 Å². The molecule has 4 fully saturated rings. The predicted molar refractivity (Wildman–Crippen MR) is 97.3 cm³/mol. The van der Waals surface area contributed by atoms with Crippen LogP contribution in [0.15, 0.2) is 18.2 Å². The number of benzene rings is 1. The quantitative estimate of drug-likeness (QED) is 0.894. The molecule has 0 radical (unpaired) electrons. The summed E-state index contributed by atoms with van der Waals surface area (Å²) in [4.78, 5) is 16.2. The molecule has 5 nitrogen and oxygen atoms in total. The van der Waals surface area contributed by atoms with E-state index in [-0.39, 0.29) is 11.0 Å². The van der Waals surface area contributed by atoms with E-state index in [1.807, 2.05) is 18.2 Å². The number of ketones is 1. The Bertz CT molecular complexity index is 698. The molecule has 3 saturated heterocycles. The first-order valence-electron chi connectivity index (χ1n) is 9.41. The number of nitrogens with one attached hydrogen (secondary N) is 1. The van der Waals surface area contributed by atoms with Crippen LogP contribution in [0.1, 0.15) is 43.0 Å². The standard InChI is InChI=1S/C20H26N2O2.H2O/c1-3-13-8-12-9-16-18(13)22(11-12)7-6-20(16)19(23)15-10-14(24-2)4-5-17(15)21-20;/h4-5,10,12-13,16,18,21H,3,6-9,11H2,1-2H3;1H2/t12-,13+,16-,18+,20+;/m1./s1. The molecule has 4 bridgehead atoms. The number of anilines is 1. The van der Waals surface area contributed by atoms with Gasteiger partial charge in [0.2, 0.25) is 0 Å². The third-order valence-electron chi connectivity index (χ3n) is 7.22. The molecule has 1 aromatic rings. The molecule has 1 spiro atoms. The van der Waals surface area contributed by atoms with Crippen LogP contribution in [-0.4, -0.2) is 47.9 Å². The summed E-state index contributed by atoms with van der Waals surface area (Å²) in [7, 11) is 1.66. The molecule has 5 heteroatoms. The monoisotopic (exact) mass is 344 g/mol. The number of rotatable bonds is 2. The van der Waals surface area contributed by atoms with Gasteiger partial charge in [0.1, 0.15) is 11.3 Å². The Labute approximate surface area is 149 Å². The van der Waals surface area contributed by atoms with Gasteiger partial charge >= 0.3 is 0 Å². The molecule has 6 atom stereocenters. The van der Waals surface area contributed by atoms with Gasteiger partial charge < -0.3 is 15.5 Å². The Balaban J connectivity index is 0.00000157. The summed E-state index contributed by atoms with van der Waals surface area (Å²) in [6.45, 7) is 4.62. The van der Waals surface area contributed by atoms with Crippen molar-refractivity contribution < 1.29 is 15.0 Å². The topological polar surface area (TPSA) is 73.1 Å². The number of carbonyl (C=O) groups excluding carboxylic acids is 1. The fourth-order valence-electron chi connectivity index (χ4n) is 6.21. The number of hydrogen-bond donors (Lipinski definition) is 1. The summed E-state index contributed by atoms with van der Waals surface area (Å²) >= 11 is 0. The Hall–Kier alpha value is -1.59. The molecule has 1 aromatic carbocycles. The van der Waals surface area contributed by atoms with Crippen LogP contribution in [-0.2, 0) is 0 Å². The number of hydrogen-bond acceptors (Lipinski definition) is 4. The summed E-state index contributed by atoms with van der Waals surface area (Å²) < 4.78 is 5.34. The van der Waals surface area contributed by atoms with Crippen molar-refractivity contribution in [2.24, 2.45) is 17.8 Å². The fourth-order valence-corrected chi connectivity index (χ4v) is 6.21. The van der Waals surface area contributed by atoms with Crippen LogP contribution in [0.2, 0.25) is 0 Å². The van der Waals surface area contributed by atoms with Crippen molar-refractivity contribution in [3.8, 4) is 5.75 Å². The number of Topliss-reactive ketones (excluding diaryl/α,β-unsaturated/α-hetero) is 1. The number of methoxy groups -OCH3 is 1. The zero-order chi connectivity index (χ0) is 16.5. The molecule has 136 valence electrons. The van der Waals surface area contributed by atoms with Crippen molar-refractivity contribution in [1.29, 1.82) is 0 Å². The van der Waals surface area contributed by atoms with Crippen molar-refractivity contribution >= 4 is 11.5 Å². The third-order valence-corrected chi connectivity index (χ3v) is 7.22. The molecule has 0 amide bonds. The lowest BCUT2D eigenvalue weighted by Crippen LogP contribution is -2.70. The van der Waals surface area contributed by atoms with Crippen molar-refractivity contribution in [3.05, 3.63) is 23.8 Å². The average molecular weight is 344 g/mol. The summed E-state index contributed by atoms with van der Waals surface area (Å²) in [6, 6.07) is 6.48. The molecule has 6 rings (SSSR count). The second-order valence-electron chi connectivity index (χ2n) is 8.18. The van der Waals surface area contributed by atoms with Crippen LogP contribution >= 0.6 is 0 Å². The maximum Gasteiger partial charge on any atom is 0.190 e. The van der Waals surface area contributed by atoms with Gasteiger partial charge in [-0.05, 0) is 49.3 Å². The van der Waals surface area contributed by atoms with Crippen molar-refractivity contribution in [2.75, 3.05) is 25.5 Å². The molecule has 5 aliphatic rings. The molecule has 1 unspecified atom stereocenters. The van der Waals surface area contributed by atoms with Crippen molar-refractivity contribution in [2.45, 2.75) is 44.2 Å². The molecule has 4 aliphatic heterocycles. The molecule has 1 saturated carbocycles. The van der Waals surface area contributed by atoms with Crippen LogP contribution in [0.4, 0.5) is 5.69 Å². The SMILES string of the molecule is CC[C@H]1C[C@@H]2C[C@@H]3[C@H]1N(CC[C@]31Nc3ccc(OC)cc3C1=O)C2.O. The number of fused-ring (bicyclic) bond motifs is 2. The normalized spacial score (nSPS) is 40.4. The highest BCUT2D eigenvalue weighted by Gasteiger charge is 2.61. The first-order valence-corrected chi connectivity index (χ1v) is 9.41. The lowest BCUT2D eigenvalue weighted by atomic mass is 9.56. The largest absolute Gasteiger partial charge is 0.497 e. The van der Waals surface area contributed by atoms with E-state index >= 15 is 0 Å². The van der Waals surface area contributed by atoms with Crippen LogP contribution in [0.3, 0.4) is 0 Å². The van der Waals surface area contributed by atoms with E-state index in [0.29, 0.717) is 17.7 Å². The summed E-state index contributed by atoms with van der Waals surface area (Å²) in [5.74, 6) is 3.07. The fraction of sp³-hybridized carbons (Fsp3) is 0.650. The van der Waals surface area contributed by atoms with Gasteiger partial charge in [0.15, 0.2) is 5.78 Å². The first kappa shape index (κ1) is 16.9. The summed E-state index contributed by atoms with van der Waals surface area (Å²) in [5, 5.41) is 3.70. The zero-order valence-electron chi connectivity index (χ0n) is 15.0. The van der Waals surface area contributed by atoms with E-state index < -0.39 is 0 Å². The highest BCUT2D eigenvalue weighted by Crippen LogP contribution is 2.55. The van der Waals surface area contributed by atoms with E-state index in [2.05, 4.69) is 17.1 Å². The average Bonchev–Trinajstić information content (AvgIpc) is 2.91. The number of nitrogens with zero attached hydrogens (tertiary/aromatic N) is 1. The summed E-state index contributed by atoms with van der Waals surface area (Å²) in [5.41, 5.74) is 1.46. The van der Waals surface area contributed by atoms with E-state index in [4.69, 9.17) is 4.74 Å². The third kappa shape index (κ3) is 2.12. The van der Waals surface area contributed by atoms with Gasteiger partial charge in [-0.3, -0.25) is 9.69 Å². The smallest absolute Gasteiger partial charge is 0.190 e. The van der Waals surface area contributed by atoms with Crippen LogP contribution in [0.5, 0.6) is 5.75 Å². The Morgan fingerprint density at radius 1 is 1.36 bits per heavy atom. The molecule has 3 N–H and O–H groups in total. The van der Waals surface area contributed by atoms with Crippen LogP contribution in [0, 0.1) is 17.8 Å². The Kier molecular flexibility index (Phi) is 3.85. The highest BCUT2D eigenvalue weighted by atomic mass is 16.5. The molecular formula is C20H28N2O3. The molecule has 25 heavy (non-hydrogen) atoms. The van der Waals surface area contributed by atoms with Crippen LogP contribution < -0.4 is 10.1 Å². The molecule has 1 aliphatic carbocycles. The van der Waals surface area contributed by atoms with E-state index in [9.17, 15) is 4.79 Å². The number of ether oxygens (including phenoxy) is 1. The zero-order valence-corrected chi connectivity index (χ0v) is 15.0. The van der Waals surface area contributed by atoms with Gasteiger partial charge in [0.05, 0.1) is 7.11 Å². The minimum Gasteiger partial charge on any atom is -0.497 e. The lowest BCUT2D eigenvalue weighted by molar-refractivity contribution is -0.0893. The Morgan fingerprint density at radius 3 is 2.96 bits per heavy atom. The van der Waals surface area contributed by atoms with Crippen molar-refractivity contribution in [1.82, 2.24) is 4.90 Å². The second-order valence-corrected chi connectivity index (χ2v) is 8.18. The lowest BCUT2D eigenvalue weighted by Gasteiger charge is -2.62. The first-order chi connectivity index (χ1) is 11.7. The van der Waals surface area contributed by atoms with Gasteiger partial charge in [-0.1, -0.05) is 13.3 Å². The van der Waals surface area contributed by atoms with Gasteiger partial charge in [0, 0.05) is 36.3 Å². The van der Waals surface area contributed by atoms with Crippen LogP contribution in [0.25, 0.3) is 0 Å². The minimum absolute atomic E-state index is 0. The van der Waals surface area contributed by atoms with E-state index in [0.717, 1.165) is 41.8 Å². The maximum atomic E-state index is 13.5. The summed E-state index contributed by atoms with van der Waals surface area (Å²) in [6.07, 6.45) is 4.74. The molecule has 0 aromatic heterocycles. The van der Waals surface area contributed by atoms with Gasteiger partial charge in [-0.15, -0.1) is 0 Å². The second kappa shape index (κ2) is 5.71. The predicted octanol–water partition coefficient (Wildman–Crippen LogP) is 2.36. The maximum absolute atomic E-state index is 13.5. The number of carbonyl (C=O) groups is 1. The van der Waals surface area contributed by atoms with Gasteiger partial charge in [-0.2, -0.15) is 0 Å². The van der Waals surface area contributed by atoms with Gasteiger partial charge in [-0.25, -0.2) is 0 Å². The highest BCUT2D eigenvalue weighted by molar-refractivity contribution is 6.14. The minimum atomic E-state index is -0.373.